The van der Waals surface area contributed by atoms with Crippen molar-refractivity contribution in [1.29, 1.82) is 0 Å². The lowest BCUT2D eigenvalue weighted by Crippen LogP contribution is -2.30. The number of hydrogen-bond donors (Lipinski definition) is 0. The molecule has 0 aliphatic heterocycles. The lowest BCUT2D eigenvalue weighted by molar-refractivity contribution is -0.167. The molecule has 450 valence electrons. The van der Waals surface area contributed by atoms with Crippen LogP contribution in [-0.4, -0.2) is 37.2 Å². The van der Waals surface area contributed by atoms with Crippen LogP contribution in [0.25, 0.3) is 0 Å². The van der Waals surface area contributed by atoms with Crippen LogP contribution in [0.15, 0.2) is 48.6 Å². The van der Waals surface area contributed by atoms with Gasteiger partial charge in [0, 0.05) is 19.3 Å². The van der Waals surface area contributed by atoms with E-state index in [-0.39, 0.29) is 31.1 Å². The Hall–Kier alpha value is -2.63. The van der Waals surface area contributed by atoms with Crippen molar-refractivity contribution in [3.8, 4) is 0 Å². The van der Waals surface area contributed by atoms with Gasteiger partial charge in [-0.1, -0.05) is 339 Å². The number of carbonyl (C=O) groups is 3. The standard InChI is InChI=1S/C71H130O6/c1-4-7-10-13-16-18-20-22-24-26-28-30-32-34-35-37-38-40-42-44-46-48-50-52-55-58-61-64-70(73)76-67-68(66-75-69(72)63-60-57-54-15-12-9-6-3)77-71(74)65-62-59-56-53-51-49-47-45-43-41-39-36-33-31-29-27-25-23-21-19-17-14-11-8-5-2/h7,10,16,18,22,24,28,30,68H,4-6,8-9,11-15,17,19-21,23,25-27,29,31-67H2,1-3H3/b10-7-,18-16-,24-22-,30-28-. The van der Waals surface area contributed by atoms with Gasteiger partial charge in [0.05, 0.1) is 0 Å². The van der Waals surface area contributed by atoms with E-state index in [2.05, 4.69) is 69.4 Å². The number of carbonyl (C=O) groups excluding carboxylic acids is 3. The first-order chi connectivity index (χ1) is 38.0. The monoisotopic (exact) mass is 1080 g/mol. The molecule has 0 saturated heterocycles. The maximum absolute atomic E-state index is 12.9. The maximum atomic E-state index is 12.9. The summed E-state index contributed by atoms with van der Waals surface area (Å²) in [6, 6.07) is 0. The summed E-state index contributed by atoms with van der Waals surface area (Å²) >= 11 is 0. The topological polar surface area (TPSA) is 78.9 Å². The highest BCUT2D eigenvalue weighted by atomic mass is 16.6. The minimum absolute atomic E-state index is 0.0679. The average Bonchev–Trinajstić information content (AvgIpc) is 3.43. The molecule has 1 atom stereocenters. The molecule has 0 spiro atoms. The number of unbranched alkanes of at least 4 members (excludes halogenated alkanes) is 44. The quantitative estimate of drug-likeness (QED) is 0.0261. The molecule has 0 aliphatic rings. The fourth-order valence-electron chi connectivity index (χ4n) is 10.3. The molecule has 0 aromatic rings. The Bertz CT molecular complexity index is 1330. The van der Waals surface area contributed by atoms with Crippen LogP contribution in [0.3, 0.4) is 0 Å². The van der Waals surface area contributed by atoms with E-state index in [1.54, 1.807) is 0 Å². The fraction of sp³-hybridized carbons (Fsp3) is 0.845. The van der Waals surface area contributed by atoms with Gasteiger partial charge in [0.2, 0.25) is 0 Å². The fourth-order valence-corrected chi connectivity index (χ4v) is 10.3. The van der Waals surface area contributed by atoms with Crippen LogP contribution in [-0.2, 0) is 28.6 Å². The van der Waals surface area contributed by atoms with E-state index >= 15 is 0 Å². The first-order valence-corrected chi connectivity index (χ1v) is 34.1. The Morgan fingerprint density at radius 3 is 0.792 bits per heavy atom. The van der Waals surface area contributed by atoms with Gasteiger partial charge >= 0.3 is 17.9 Å². The van der Waals surface area contributed by atoms with Crippen molar-refractivity contribution < 1.29 is 28.6 Å². The van der Waals surface area contributed by atoms with Crippen LogP contribution in [0.4, 0.5) is 0 Å². The highest BCUT2D eigenvalue weighted by Gasteiger charge is 2.19. The summed E-state index contributed by atoms with van der Waals surface area (Å²) in [7, 11) is 0. The minimum Gasteiger partial charge on any atom is -0.462 e. The van der Waals surface area contributed by atoms with Crippen molar-refractivity contribution in [2.75, 3.05) is 13.2 Å². The summed E-state index contributed by atoms with van der Waals surface area (Å²) in [4.78, 5) is 38.1. The summed E-state index contributed by atoms with van der Waals surface area (Å²) in [5.74, 6) is -0.851. The molecule has 0 amide bonds. The summed E-state index contributed by atoms with van der Waals surface area (Å²) in [5.41, 5.74) is 0. The van der Waals surface area contributed by atoms with Gasteiger partial charge in [-0.25, -0.2) is 0 Å². The second-order valence-electron chi connectivity index (χ2n) is 23.1. The molecule has 0 radical (unpaired) electrons. The molecule has 0 aromatic heterocycles. The Labute approximate surface area is 479 Å². The highest BCUT2D eigenvalue weighted by molar-refractivity contribution is 5.71. The lowest BCUT2D eigenvalue weighted by atomic mass is 10.0. The van der Waals surface area contributed by atoms with E-state index in [1.807, 2.05) is 0 Å². The number of ether oxygens (including phenoxy) is 3. The van der Waals surface area contributed by atoms with Gasteiger partial charge in [-0.15, -0.1) is 0 Å². The number of hydrogen-bond acceptors (Lipinski definition) is 6. The first kappa shape index (κ1) is 74.4. The lowest BCUT2D eigenvalue weighted by Gasteiger charge is -2.18. The second kappa shape index (κ2) is 65.9. The molecule has 0 N–H and O–H groups in total. The predicted molar refractivity (Wildman–Crippen MR) is 335 cm³/mol. The van der Waals surface area contributed by atoms with Crippen molar-refractivity contribution in [2.24, 2.45) is 0 Å². The van der Waals surface area contributed by atoms with Crippen LogP contribution >= 0.6 is 0 Å². The minimum atomic E-state index is -0.768. The third-order valence-corrected chi connectivity index (χ3v) is 15.3. The molecule has 1 unspecified atom stereocenters. The zero-order valence-corrected chi connectivity index (χ0v) is 51.7. The molecule has 0 heterocycles. The van der Waals surface area contributed by atoms with Crippen LogP contribution in [0, 0.1) is 0 Å². The molecule has 0 aliphatic carbocycles. The molecule has 6 nitrogen and oxygen atoms in total. The molecule has 0 saturated carbocycles. The zero-order chi connectivity index (χ0) is 55.7. The number of esters is 3. The van der Waals surface area contributed by atoms with Crippen molar-refractivity contribution in [3.05, 3.63) is 48.6 Å². The van der Waals surface area contributed by atoms with Gasteiger partial charge in [-0.2, -0.15) is 0 Å². The van der Waals surface area contributed by atoms with E-state index < -0.39 is 6.10 Å². The molecule has 0 fully saturated rings. The van der Waals surface area contributed by atoms with Crippen molar-refractivity contribution in [3.63, 3.8) is 0 Å². The van der Waals surface area contributed by atoms with Crippen molar-refractivity contribution in [1.82, 2.24) is 0 Å². The molecule has 77 heavy (non-hydrogen) atoms. The van der Waals surface area contributed by atoms with E-state index in [4.69, 9.17) is 14.2 Å². The summed E-state index contributed by atoms with van der Waals surface area (Å²) in [6.45, 7) is 6.55. The normalized spacial score (nSPS) is 12.3. The van der Waals surface area contributed by atoms with Crippen LogP contribution < -0.4 is 0 Å². The largest absolute Gasteiger partial charge is 0.462 e. The van der Waals surface area contributed by atoms with E-state index in [0.29, 0.717) is 19.3 Å². The maximum Gasteiger partial charge on any atom is 0.306 e. The Morgan fingerprint density at radius 2 is 0.506 bits per heavy atom. The van der Waals surface area contributed by atoms with Crippen molar-refractivity contribution >= 4 is 17.9 Å². The first-order valence-electron chi connectivity index (χ1n) is 34.1. The summed E-state index contributed by atoms with van der Waals surface area (Å²) in [5, 5.41) is 0. The van der Waals surface area contributed by atoms with Crippen LogP contribution in [0.5, 0.6) is 0 Å². The summed E-state index contributed by atoms with van der Waals surface area (Å²) < 4.78 is 16.9. The smallest absolute Gasteiger partial charge is 0.306 e. The molecule has 6 heteroatoms. The van der Waals surface area contributed by atoms with Crippen LogP contribution in [0.1, 0.15) is 367 Å². The van der Waals surface area contributed by atoms with Gasteiger partial charge in [-0.05, 0) is 57.8 Å². The zero-order valence-electron chi connectivity index (χ0n) is 51.7. The Kier molecular flexibility index (Phi) is 63.6. The molecular weight excluding hydrogens is 949 g/mol. The number of rotatable bonds is 63. The van der Waals surface area contributed by atoms with Gasteiger partial charge in [0.15, 0.2) is 6.10 Å². The van der Waals surface area contributed by atoms with E-state index in [9.17, 15) is 14.4 Å². The molecule has 0 aromatic carbocycles. The summed E-state index contributed by atoms with van der Waals surface area (Å²) in [6.07, 6.45) is 83.1. The number of allylic oxidation sites excluding steroid dienone is 8. The molecule has 0 rings (SSSR count). The average molecular weight is 1080 g/mol. The van der Waals surface area contributed by atoms with Crippen molar-refractivity contribution in [2.45, 2.75) is 374 Å². The van der Waals surface area contributed by atoms with E-state index in [1.165, 1.54) is 244 Å². The Morgan fingerprint density at radius 1 is 0.273 bits per heavy atom. The molecular formula is C71H130O6. The second-order valence-corrected chi connectivity index (χ2v) is 23.1. The van der Waals surface area contributed by atoms with Gasteiger partial charge in [-0.3, -0.25) is 14.4 Å². The van der Waals surface area contributed by atoms with E-state index in [0.717, 1.165) is 83.5 Å². The molecule has 0 bridgehead atoms. The SMILES string of the molecule is CC/C=C\C/C=C\C/C=C\C/C=C\CCCCCCCCCCCCCCCCC(=O)OCC(COC(=O)CCCCCCCCC)OC(=O)CCCCCCCCCCCCCCCCCCCCCCCCCCC. The highest BCUT2D eigenvalue weighted by Crippen LogP contribution is 2.18. The van der Waals surface area contributed by atoms with Gasteiger partial charge in [0.1, 0.15) is 13.2 Å². The van der Waals surface area contributed by atoms with Gasteiger partial charge < -0.3 is 14.2 Å². The third-order valence-electron chi connectivity index (χ3n) is 15.3. The predicted octanol–water partition coefficient (Wildman–Crippen LogP) is 23.3. The van der Waals surface area contributed by atoms with Gasteiger partial charge in [0.25, 0.3) is 0 Å². The Balaban J connectivity index is 4.04. The van der Waals surface area contributed by atoms with Crippen LogP contribution in [0.2, 0.25) is 0 Å². The third kappa shape index (κ3) is 64.1.